The summed E-state index contributed by atoms with van der Waals surface area (Å²) in [6.45, 7) is 1.79. The van der Waals surface area contributed by atoms with Gasteiger partial charge in [0, 0.05) is 12.5 Å². The van der Waals surface area contributed by atoms with E-state index < -0.39 is 6.10 Å². The summed E-state index contributed by atoms with van der Waals surface area (Å²) in [5.74, 6) is 1.12. The van der Waals surface area contributed by atoms with Crippen LogP contribution in [0.3, 0.4) is 0 Å². The van der Waals surface area contributed by atoms with Gasteiger partial charge in [0.15, 0.2) is 0 Å². The number of aryl methyl sites for hydroxylation is 2. The predicted molar refractivity (Wildman–Crippen MR) is 73.5 cm³/mol. The highest BCUT2D eigenvalue weighted by atomic mass is 16.5. The molecule has 0 radical (unpaired) electrons. The van der Waals surface area contributed by atoms with Crippen molar-refractivity contribution in [3.63, 3.8) is 0 Å². The summed E-state index contributed by atoms with van der Waals surface area (Å²) in [6.07, 6.45) is 5.45. The van der Waals surface area contributed by atoms with Crippen LogP contribution in [0.2, 0.25) is 0 Å². The minimum absolute atomic E-state index is 0.234. The molecule has 3 nitrogen and oxygen atoms in total. The molecule has 0 aromatic heterocycles. The number of rotatable bonds is 4. The molecule has 19 heavy (non-hydrogen) atoms. The first-order chi connectivity index (χ1) is 9.33. The molecule has 2 atom stereocenters. The Bertz CT molecular complexity index is 424. The van der Waals surface area contributed by atoms with Crippen molar-refractivity contribution in [3.8, 4) is 5.75 Å². The molecule has 0 saturated carbocycles. The monoisotopic (exact) mass is 262 g/mol. The molecule has 2 aliphatic rings. The quantitative estimate of drug-likeness (QED) is 0.905. The highest BCUT2D eigenvalue weighted by molar-refractivity contribution is 5.37. The Kier molecular flexibility index (Phi) is 4.04. The number of ether oxygens (including phenoxy) is 2. The number of hydrogen-bond donors (Lipinski definition) is 1. The molecule has 1 saturated heterocycles. The third-order valence-corrected chi connectivity index (χ3v) is 4.25. The van der Waals surface area contributed by atoms with Crippen LogP contribution in [-0.4, -0.2) is 31.0 Å². The van der Waals surface area contributed by atoms with Gasteiger partial charge < -0.3 is 14.6 Å². The summed E-state index contributed by atoms with van der Waals surface area (Å²) >= 11 is 0. The first-order valence-electron chi connectivity index (χ1n) is 7.33. The van der Waals surface area contributed by atoms with Gasteiger partial charge in [-0.05, 0) is 55.4 Å². The second-order valence-electron chi connectivity index (χ2n) is 5.64. The molecule has 1 aromatic carbocycles. The SMILES string of the molecule is OC(COc1ccc2c(c1)CCCC2)C1CCOC1. The van der Waals surface area contributed by atoms with E-state index in [9.17, 15) is 5.11 Å². The molecule has 1 fully saturated rings. The Hall–Kier alpha value is -1.06. The molecule has 1 aliphatic heterocycles. The summed E-state index contributed by atoms with van der Waals surface area (Å²) in [7, 11) is 0. The molecule has 3 heteroatoms. The number of fused-ring (bicyclic) bond motifs is 1. The molecular weight excluding hydrogens is 240 g/mol. The third kappa shape index (κ3) is 3.10. The summed E-state index contributed by atoms with van der Waals surface area (Å²) in [5, 5.41) is 10.0. The van der Waals surface area contributed by atoms with Crippen LogP contribution in [0.1, 0.15) is 30.4 Å². The van der Waals surface area contributed by atoms with Gasteiger partial charge in [-0.3, -0.25) is 0 Å². The van der Waals surface area contributed by atoms with E-state index in [1.807, 2.05) is 6.07 Å². The van der Waals surface area contributed by atoms with Crippen molar-refractivity contribution in [3.05, 3.63) is 29.3 Å². The van der Waals surface area contributed by atoms with Crippen LogP contribution in [-0.2, 0) is 17.6 Å². The Morgan fingerprint density at radius 1 is 1.26 bits per heavy atom. The van der Waals surface area contributed by atoms with Crippen molar-refractivity contribution >= 4 is 0 Å². The number of hydrogen-bond acceptors (Lipinski definition) is 3. The van der Waals surface area contributed by atoms with E-state index in [1.54, 1.807) is 0 Å². The highest BCUT2D eigenvalue weighted by Gasteiger charge is 2.24. The normalized spacial score (nSPS) is 23.9. The van der Waals surface area contributed by atoms with Crippen LogP contribution in [0.4, 0.5) is 0 Å². The Morgan fingerprint density at radius 3 is 2.89 bits per heavy atom. The van der Waals surface area contributed by atoms with Gasteiger partial charge in [-0.1, -0.05) is 6.07 Å². The average molecular weight is 262 g/mol. The minimum atomic E-state index is -0.418. The molecule has 104 valence electrons. The fourth-order valence-electron chi connectivity index (χ4n) is 2.97. The van der Waals surface area contributed by atoms with Gasteiger partial charge in [-0.25, -0.2) is 0 Å². The number of benzene rings is 1. The van der Waals surface area contributed by atoms with Crippen LogP contribution in [0, 0.1) is 5.92 Å². The van der Waals surface area contributed by atoms with Crippen LogP contribution >= 0.6 is 0 Å². The molecule has 1 aromatic rings. The Morgan fingerprint density at radius 2 is 2.11 bits per heavy atom. The summed E-state index contributed by atoms with van der Waals surface area (Å²) < 4.78 is 11.0. The first kappa shape index (κ1) is 12.9. The topological polar surface area (TPSA) is 38.7 Å². The lowest BCUT2D eigenvalue weighted by molar-refractivity contribution is 0.0499. The number of aliphatic hydroxyl groups is 1. The van der Waals surface area contributed by atoms with Crippen LogP contribution in [0.25, 0.3) is 0 Å². The van der Waals surface area contributed by atoms with E-state index >= 15 is 0 Å². The second kappa shape index (κ2) is 5.93. The van der Waals surface area contributed by atoms with E-state index in [4.69, 9.17) is 9.47 Å². The van der Waals surface area contributed by atoms with E-state index in [0.717, 1.165) is 25.2 Å². The minimum Gasteiger partial charge on any atom is -0.491 e. The van der Waals surface area contributed by atoms with Crippen molar-refractivity contribution in [1.82, 2.24) is 0 Å². The summed E-state index contributed by atoms with van der Waals surface area (Å²) in [4.78, 5) is 0. The van der Waals surface area contributed by atoms with Crippen LogP contribution < -0.4 is 4.74 Å². The average Bonchev–Trinajstić information content (AvgIpc) is 2.99. The van der Waals surface area contributed by atoms with Crippen molar-refractivity contribution < 1.29 is 14.6 Å². The summed E-state index contributed by atoms with van der Waals surface area (Å²) in [6, 6.07) is 6.35. The second-order valence-corrected chi connectivity index (χ2v) is 5.64. The summed E-state index contributed by atoms with van der Waals surface area (Å²) in [5.41, 5.74) is 2.88. The van der Waals surface area contributed by atoms with E-state index in [1.165, 1.54) is 30.4 Å². The third-order valence-electron chi connectivity index (χ3n) is 4.25. The zero-order valence-corrected chi connectivity index (χ0v) is 11.3. The Balaban J connectivity index is 1.57. The van der Waals surface area contributed by atoms with E-state index in [-0.39, 0.29) is 5.92 Å². The lowest BCUT2D eigenvalue weighted by Crippen LogP contribution is -2.27. The molecule has 2 unspecified atom stereocenters. The smallest absolute Gasteiger partial charge is 0.119 e. The highest BCUT2D eigenvalue weighted by Crippen LogP contribution is 2.26. The first-order valence-corrected chi connectivity index (χ1v) is 7.33. The zero-order valence-electron chi connectivity index (χ0n) is 11.3. The molecule has 1 heterocycles. The van der Waals surface area contributed by atoms with Gasteiger partial charge in [0.25, 0.3) is 0 Å². The van der Waals surface area contributed by atoms with Crippen LogP contribution in [0.5, 0.6) is 5.75 Å². The lowest BCUT2D eigenvalue weighted by atomic mass is 9.92. The molecule has 0 bridgehead atoms. The van der Waals surface area contributed by atoms with Crippen molar-refractivity contribution in [2.45, 2.75) is 38.2 Å². The molecule has 0 spiro atoms. The van der Waals surface area contributed by atoms with E-state index in [2.05, 4.69) is 12.1 Å². The fraction of sp³-hybridized carbons (Fsp3) is 0.625. The van der Waals surface area contributed by atoms with Gasteiger partial charge in [0.1, 0.15) is 12.4 Å². The maximum atomic E-state index is 10.0. The van der Waals surface area contributed by atoms with E-state index in [0.29, 0.717) is 13.2 Å². The number of aliphatic hydroxyl groups excluding tert-OH is 1. The molecule has 1 N–H and O–H groups in total. The largest absolute Gasteiger partial charge is 0.491 e. The zero-order chi connectivity index (χ0) is 13.1. The van der Waals surface area contributed by atoms with Gasteiger partial charge in [0.2, 0.25) is 0 Å². The van der Waals surface area contributed by atoms with Crippen molar-refractivity contribution in [2.24, 2.45) is 5.92 Å². The van der Waals surface area contributed by atoms with Gasteiger partial charge in [-0.15, -0.1) is 0 Å². The maximum Gasteiger partial charge on any atom is 0.119 e. The fourth-order valence-corrected chi connectivity index (χ4v) is 2.97. The molecule has 3 rings (SSSR count). The van der Waals surface area contributed by atoms with Gasteiger partial charge in [-0.2, -0.15) is 0 Å². The Labute approximate surface area is 114 Å². The van der Waals surface area contributed by atoms with Gasteiger partial charge >= 0.3 is 0 Å². The molecular formula is C16H22O3. The lowest BCUT2D eigenvalue weighted by Gasteiger charge is -2.19. The maximum absolute atomic E-state index is 10.0. The van der Waals surface area contributed by atoms with Gasteiger partial charge in [0.05, 0.1) is 12.7 Å². The molecule has 1 aliphatic carbocycles. The molecule has 0 amide bonds. The van der Waals surface area contributed by atoms with Crippen molar-refractivity contribution in [1.29, 1.82) is 0 Å². The standard InChI is InChI=1S/C16H22O3/c17-16(14-7-8-18-10-14)11-19-15-6-5-12-3-1-2-4-13(12)9-15/h5-6,9,14,16-17H,1-4,7-8,10-11H2. The van der Waals surface area contributed by atoms with Crippen LogP contribution in [0.15, 0.2) is 18.2 Å². The van der Waals surface area contributed by atoms with Crippen molar-refractivity contribution in [2.75, 3.05) is 19.8 Å². The predicted octanol–water partition coefficient (Wildman–Crippen LogP) is 2.34.